The number of halogens is 1. The fourth-order valence-corrected chi connectivity index (χ4v) is 2.36. The van der Waals surface area contributed by atoms with Gasteiger partial charge in [0.25, 0.3) is 0 Å². The first-order chi connectivity index (χ1) is 8.07. The predicted octanol–water partition coefficient (Wildman–Crippen LogP) is 1.33. The molecule has 17 heavy (non-hydrogen) atoms. The maximum absolute atomic E-state index is 12.9. The van der Waals surface area contributed by atoms with Gasteiger partial charge in [-0.25, -0.2) is 4.39 Å². The standard InChI is InChI=1S/C13H19FN2O/c1-15(2)13(10-17)7-8-16(9-13)12-5-3-11(14)4-6-12/h3-6,17H,7-10H2,1-2H3. The lowest BCUT2D eigenvalue weighted by atomic mass is 9.99. The van der Waals surface area contributed by atoms with E-state index < -0.39 is 0 Å². The van der Waals surface area contributed by atoms with Gasteiger partial charge in [0.2, 0.25) is 0 Å². The Morgan fingerprint density at radius 3 is 2.47 bits per heavy atom. The number of likely N-dealkylation sites (N-methyl/N-ethyl adjacent to an activating group) is 1. The van der Waals surface area contributed by atoms with Gasteiger partial charge in [0.1, 0.15) is 5.82 Å². The third-order valence-electron chi connectivity index (χ3n) is 3.77. The molecule has 0 amide bonds. The van der Waals surface area contributed by atoms with Crippen molar-refractivity contribution in [3.8, 4) is 0 Å². The van der Waals surface area contributed by atoms with E-state index in [0.29, 0.717) is 0 Å². The van der Waals surface area contributed by atoms with Crippen molar-refractivity contribution in [1.82, 2.24) is 4.90 Å². The fourth-order valence-electron chi connectivity index (χ4n) is 2.36. The van der Waals surface area contributed by atoms with E-state index in [0.717, 1.165) is 25.2 Å². The Kier molecular flexibility index (Phi) is 3.35. The van der Waals surface area contributed by atoms with Crippen LogP contribution in [0.4, 0.5) is 10.1 Å². The van der Waals surface area contributed by atoms with E-state index >= 15 is 0 Å². The van der Waals surface area contributed by atoms with Crippen LogP contribution >= 0.6 is 0 Å². The summed E-state index contributed by atoms with van der Waals surface area (Å²) in [5.41, 5.74) is 0.845. The summed E-state index contributed by atoms with van der Waals surface area (Å²) in [5.74, 6) is -0.214. The molecule has 1 N–H and O–H groups in total. The summed E-state index contributed by atoms with van der Waals surface area (Å²) in [6.07, 6.45) is 0.924. The highest BCUT2D eigenvalue weighted by atomic mass is 19.1. The molecule has 1 unspecified atom stereocenters. The summed E-state index contributed by atoms with van der Waals surface area (Å²) in [6.45, 7) is 1.82. The molecule has 1 atom stereocenters. The molecule has 0 aromatic heterocycles. The van der Waals surface area contributed by atoms with E-state index in [1.165, 1.54) is 12.1 Å². The molecular formula is C13H19FN2O. The van der Waals surface area contributed by atoms with E-state index in [-0.39, 0.29) is 18.0 Å². The predicted molar refractivity (Wildman–Crippen MR) is 66.7 cm³/mol. The second kappa shape index (κ2) is 4.63. The smallest absolute Gasteiger partial charge is 0.123 e. The number of hydrogen-bond acceptors (Lipinski definition) is 3. The van der Waals surface area contributed by atoms with E-state index in [2.05, 4.69) is 9.80 Å². The number of hydrogen-bond donors (Lipinski definition) is 1. The van der Waals surface area contributed by atoms with Crippen molar-refractivity contribution in [1.29, 1.82) is 0 Å². The summed E-state index contributed by atoms with van der Waals surface area (Å²) in [4.78, 5) is 4.27. The molecule has 1 aliphatic heterocycles. The molecule has 1 aliphatic rings. The Hall–Kier alpha value is -1.13. The van der Waals surface area contributed by atoms with Crippen LogP contribution in [0.5, 0.6) is 0 Å². The van der Waals surface area contributed by atoms with Crippen molar-refractivity contribution >= 4 is 5.69 Å². The normalized spacial score (nSPS) is 24.6. The quantitative estimate of drug-likeness (QED) is 0.860. The second-order valence-electron chi connectivity index (χ2n) is 4.92. The zero-order valence-corrected chi connectivity index (χ0v) is 10.4. The maximum Gasteiger partial charge on any atom is 0.123 e. The molecule has 0 radical (unpaired) electrons. The summed E-state index contributed by atoms with van der Waals surface area (Å²) in [6, 6.07) is 6.53. The Balaban J connectivity index is 2.14. The Bertz CT molecular complexity index is 380. The zero-order valence-electron chi connectivity index (χ0n) is 10.4. The molecule has 3 nitrogen and oxygen atoms in total. The molecular weight excluding hydrogens is 219 g/mol. The van der Waals surface area contributed by atoms with E-state index in [1.807, 2.05) is 14.1 Å². The van der Waals surface area contributed by atoms with Crippen LogP contribution in [-0.4, -0.2) is 49.3 Å². The van der Waals surface area contributed by atoms with Crippen LogP contribution in [0.25, 0.3) is 0 Å². The Morgan fingerprint density at radius 2 is 2.00 bits per heavy atom. The van der Waals surface area contributed by atoms with Gasteiger partial charge in [0.15, 0.2) is 0 Å². The molecule has 1 heterocycles. The highest BCUT2D eigenvalue weighted by molar-refractivity contribution is 5.48. The molecule has 1 aromatic rings. The molecule has 4 heteroatoms. The Labute approximate surface area is 101 Å². The van der Waals surface area contributed by atoms with Gasteiger partial charge in [-0.2, -0.15) is 0 Å². The summed E-state index contributed by atoms with van der Waals surface area (Å²) >= 11 is 0. The van der Waals surface area contributed by atoms with Crippen molar-refractivity contribution in [2.75, 3.05) is 38.7 Å². The van der Waals surface area contributed by atoms with Crippen LogP contribution in [0.1, 0.15) is 6.42 Å². The first kappa shape index (κ1) is 12.3. The molecule has 0 aliphatic carbocycles. The van der Waals surface area contributed by atoms with Gasteiger partial charge in [-0.05, 0) is 44.8 Å². The number of rotatable bonds is 3. The highest BCUT2D eigenvalue weighted by Gasteiger charge is 2.39. The third-order valence-corrected chi connectivity index (χ3v) is 3.77. The topological polar surface area (TPSA) is 26.7 Å². The minimum atomic E-state index is -0.214. The summed E-state index contributed by atoms with van der Waals surface area (Å²) < 4.78 is 12.9. The van der Waals surface area contributed by atoms with Crippen molar-refractivity contribution in [2.45, 2.75) is 12.0 Å². The molecule has 1 aromatic carbocycles. The van der Waals surface area contributed by atoms with Crippen LogP contribution in [0.2, 0.25) is 0 Å². The first-order valence-corrected chi connectivity index (χ1v) is 5.86. The van der Waals surface area contributed by atoms with Gasteiger partial charge >= 0.3 is 0 Å². The minimum absolute atomic E-state index is 0.150. The van der Waals surface area contributed by atoms with Crippen LogP contribution in [0.3, 0.4) is 0 Å². The molecule has 1 saturated heterocycles. The zero-order chi connectivity index (χ0) is 12.5. The van der Waals surface area contributed by atoms with Crippen molar-refractivity contribution in [2.24, 2.45) is 0 Å². The van der Waals surface area contributed by atoms with Gasteiger partial charge < -0.3 is 10.0 Å². The van der Waals surface area contributed by atoms with Crippen LogP contribution in [0, 0.1) is 5.82 Å². The van der Waals surface area contributed by atoms with E-state index in [9.17, 15) is 9.50 Å². The van der Waals surface area contributed by atoms with Crippen molar-refractivity contribution in [3.63, 3.8) is 0 Å². The van der Waals surface area contributed by atoms with Gasteiger partial charge in [-0.15, -0.1) is 0 Å². The van der Waals surface area contributed by atoms with Gasteiger partial charge in [-0.3, -0.25) is 4.90 Å². The number of nitrogens with zero attached hydrogens (tertiary/aromatic N) is 2. The molecule has 0 spiro atoms. The largest absolute Gasteiger partial charge is 0.394 e. The number of benzene rings is 1. The van der Waals surface area contributed by atoms with Crippen molar-refractivity contribution in [3.05, 3.63) is 30.1 Å². The molecule has 0 bridgehead atoms. The monoisotopic (exact) mass is 238 g/mol. The summed E-state index contributed by atoms with van der Waals surface area (Å²) in [5, 5.41) is 9.57. The Morgan fingerprint density at radius 1 is 1.35 bits per heavy atom. The molecule has 94 valence electrons. The SMILES string of the molecule is CN(C)C1(CO)CCN(c2ccc(F)cc2)C1. The lowest BCUT2D eigenvalue weighted by molar-refractivity contribution is 0.0867. The number of aliphatic hydroxyl groups excluding tert-OH is 1. The fraction of sp³-hybridized carbons (Fsp3) is 0.538. The van der Waals surface area contributed by atoms with Crippen LogP contribution in [0.15, 0.2) is 24.3 Å². The molecule has 0 saturated carbocycles. The second-order valence-corrected chi connectivity index (χ2v) is 4.92. The lowest BCUT2D eigenvalue weighted by Gasteiger charge is -2.34. The third kappa shape index (κ3) is 2.28. The highest BCUT2D eigenvalue weighted by Crippen LogP contribution is 2.29. The van der Waals surface area contributed by atoms with E-state index in [1.54, 1.807) is 12.1 Å². The van der Waals surface area contributed by atoms with Crippen molar-refractivity contribution < 1.29 is 9.50 Å². The minimum Gasteiger partial charge on any atom is -0.394 e. The molecule has 2 rings (SSSR count). The average Bonchev–Trinajstić information content (AvgIpc) is 2.75. The van der Waals surface area contributed by atoms with Crippen LogP contribution < -0.4 is 4.90 Å². The van der Waals surface area contributed by atoms with Gasteiger partial charge in [0, 0.05) is 18.8 Å². The lowest BCUT2D eigenvalue weighted by Crippen LogP contribution is -2.49. The first-order valence-electron chi connectivity index (χ1n) is 5.86. The molecule has 1 fully saturated rings. The number of aliphatic hydroxyl groups is 1. The van der Waals surface area contributed by atoms with Crippen LogP contribution in [-0.2, 0) is 0 Å². The number of anilines is 1. The summed E-state index contributed by atoms with van der Waals surface area (Å²) in [7, 11) is 3.98. The maximum atomic E-state index is 12.9. The van der Waals surface area contributed by atoms with Gasteiger partial charge in [-0.1, -0.05) is 0 Å². The van der Waals surface area contributed by atoms with Gasteiger partial charge in [0.05, 0.1) is 12.1 Å². The van der Waals surface area contributed by atoms with E-state index in [4.69, 9.17) is 0 Å². The average molecular weight is 238 g/mol.